The van der Waals surface area contributed by atoms with Crippen LogP contribution in [-0.2, 0) is 22.5 Å². The first-order chi connectivity index (χ1) is 18.6. The molecule has 4 rings (SSSR count). The summed E-state index contributed by atoms with van der Waals surface area (Å²) in [4.78, 5) is 33.9. The lowest BCUT2D eigenvalue weighted by atomic mass is 9.87. The predicted molar refractivity (Wildman–Crippen MR) is 153 cm³/mol. The molecule has 1 aromatic heterocycles. The van der Waals surface area contributed by atoms with Gasteiger partial charge in [-0.3, -0.25) is 15.0 Å². The number of aliphatic hydroxyl groups is 1. The van der Waals surface area contributed by atoms with Crippen molar-refractivity contribution in [1.29, 1.82) is 0 Å². The van der Waals surface area contributed by atoms with Crippen LogP contribution in [0.1, 0.15) is 57.6 Å². The van der Waals surface area contributed by atoms with E-state index in [1.807, 2.05) is 62.1 Å². The zero-order valence-electron chi connectivity index (χ0n) is 23.2. The van der Waals surface area contributed by atoms with Crippen LogP contribution in [0.5, 0.6) is 0 Å². The normalized spacial score (nSPS) is 18.5. The molecule has 2 aromatic rings. The molecule has 0 spiro atoms. The summed E-state index contributed by atoms with van der Waals surface area (Å²) in [7, 11) is 0. The van der Waals surface area contributed by atoms with Gasteiger partial charge in [0, 0.05) is 36.8 Å². The number of halogens is 1. The summed E-state index contributed by atoms with van der Waals surface area (Å²) in [5.41, 5.74) is 1.57. The third kappa shape index (κ3) is 8.92. The summed E-state index contributed by atoms with van der Waals surface area (Å²) in [6.07, 6.45) is 4.73. The van der Waals surface area contributed by atoms with Crippen molar-refractivity contribution < 1.29 is 19.4 Å². The van der Waals surface area contributed by atoms with Crippen molar-refractivity contribution in [2.75, 3.05) is 31.5 Å². The van der Waals surface area contributed by atoms with Gasteiger partial charge in [-0.2, -0.15) is 0 Å². The quantitative estimate of drug-likeness (QED) is 0.490. The van der Waals surface area contributed by atoms with E-state index in [0.29, 0.717) is 30.4 Å². The van der Waals surface area contributed by atoms with Crippen molar-refractivity contribution in [2.24, 2.45) is 11.8 Å². The number of piperidine rings is 2. The molecule has 0 aliphatic carbocycles. The van der Waals surface area contributed by atoms with E-state index in [4.69, 9.17) is 16.3 Å². The lowest BCUT2D eigenvalue weighted by Crippen LogP contribution is -2.46. The molecular weight excluding hydrogens is 516 g/mol. The van der Waals surface area contributed by atoms with Crippen LogP contribution in [-0.4, -0.2) is 69.8 Å². The molecule has 2 aliphatic rings. The number of aliphatic hydroxyl groups excluding tert-OH is 1. The largest absolute Gasteiger partial charge is 0.444 e. The number of nitrogens with zero attached hydrogens (tertiary/aromatic N) is 3. The fraction of sp³-hybridized carbons (Fsp3) is 0.567. The van der Waals surface area contributed by atoms with Crippen molar-refractivity contribution in [1.82, 2.24) is 14.8 Å². The van der Waals surface area contributed by atoms with E-state index < -0.39 is 17.8 Å². The molecule has 1 aromatic carbocycles. The van der Waals surface area contributed by atoms with Gasteiger partial charge < -0.3 is 14.7 Å². The van der Waals surface area contributed by atoms with Gasteiger partial charge in [0.2, 0.25) is 5.91 Å². The highest BCUT2D eigenvalue weighted by Crippen LogP contribution is 2.27. The Kier molecular flexibility index (Phi) is 9.86. The monoisotopic (exact) mass is 556 g/mol. The molecule has 1 unspecified atom stereocenters. The molecule has 8 nitrogen and oxygen atoms in total. The number of hydrogen-bond donors (Lipinski definition) is 2. The van der Waals surface area contributed by atoms with Crippen LogP contribution in [0.4, 0.5) is 10.6 Å². The highest BCUT2D eigenvalue weighted by Gasteiger charge is 2.32. The Bertz CT molecular complexity index is 1100. The van der Waals surface area contributed by atoms with Crippen molar-refractivity contribution in [2.45, 2.75) is 71.1 Å². The number of pyridine rings is 1. The van der Waals surface area contributed by atoms with Crippen LogP contribution in [0.15, 0.2) is 42.6 Å². The first-order valence-electron chi connectivity index (χ1n) is 13.9. The van der Waals surface area contributed by atoms with Crippen molar-refractivity contribution in [3.63, 3.8) is 0 Å². The molecule has 212 valence electrons. The van der Waals surface area contributed by atoms with Crippen molar-refractivity contribution in [3.05, 3.63) is 58.7 Å². The van der Waals surface area contributed by atoms with Gasteiger partial charge >= 0.3 is 6.09 Å². The van der Waals surface area contributed by atoms with Gasteiger partial charge in [-0.05, 0) is 107 Å². The Morgan fingerprint density at radius 2 is 1.72 bits per heavy atom. The number of hydrogen-bond acceptors (Lipinski definition) is 6. The third-order valence-corrected chi connectivity index (χ3v) is 7.80. The fourth-order valence-electron chi connectivity index (χ4n) is 5.44. The van der Waals surface area contributed by atoms with Gasteiger partial charge in [0.05, 0.1) is 6.10 Å². The number of likely N-dealkylation sites (tertiary alicyclic amines) is 2. The van der Waals surface area contributed by atoms with Crippen LogP contribution < -0.4 is 5.32 Å². The van der Waals surface area contributed by atoms with Crippen molar-refractivity contribution in [3.8, 4) is 0 Å². The van der Waals surface area contributed by atoms with Gasteiger partial charge in [-0.15, -0.1) is 0 Å². The number of benzene rings is 1. The summed E-state index contributed by atoms with van der Waals surface area (Å²) in [5.74, 6) is 0.988. The van der Waals surface area contributed by atoms with Crippen LogP contribution in [0.2, 0.25) is 5.02 Å². The SMILES string of the molecule is CC(C)(C)OC(=O)Nc1cc(CN2CCC(C(=O)N3CCC(C(O)Cc4ccc(Cl)cc4)CC3)CC2)ccn1. The number of carbonyl (C=O) groups excluding carboxylic acids is 2. The van der Waals surface area contributed by atoms with Crippen molar-refractivity contribution >= 4 is 29.4 Å². The summed E-state index contributed by atoms with van der Waals surface area (Å²) in [6.45, 7) is 9.33. The minimum Gasteiger partial charge on any atom is -0.444 e. The molecule has 2 amide bonds. The molecule has 2 N–H and O–H groups in total. The lowest BCUT2D eigenvalue weighted by molar-refractivity contribution is -0.139. The Balaban J connectivity index is 1.19. The maximum atomic E-state index is 13.2. The standard InChI is InChI=1S/C30H41ClN4O4/c1-30(2,3)39-29(38)33-27-19-22(8-13-32-27)20-34-14-9-24(10-15-34)28(37)35-16-11-23(12-17-35)26(36)18-21-4-6-25(31)7-5-21/h4-8,13,19,23-24,26,36H,9-12,14-18,20H2,1-3H3,(H,32,33,38). The number of aromatic nitrogens is 1. The van der Waals surface area contributed by atoms with Gasteiger partial charge in [0.25, 0.3) is 0 Å². The van der Waals surface area contributed by atoms with Crippen LogP contribution in [0.3, 0.4) is 0 Å². The van der Waals surface area contributed by atoms with E-state index in [1.54, 1.807) is 6.20 Å². The summed E-state index contributed by atoms with van der Waals surface area (Å²) >= 11 is 5.97. The Morgan fingerprint density at radius 3 is 2.36 bits per heavy atom. The highest BCUT2D eigenvalue weighted by molar-refractivity contribution is 6.30. The molecular formula is C30H41ClN4O4. The molecule has 39 heavy (non-hydrogen) atoms. The third-order valence-electron chi connectivity index (χ3n) is 7.55. The second-order valence-electron chi connectivity index (χ2n) is 11.8. The van der Waals surface area contributed by atoms with Gasteiger partial charge in [-0.1, -0.05) is 23.7 Å². The minimum atomic E-state index is -0.571. The van der Waals surface area contributed by atoms with E-state index in [-0.39, 0.29) is 17.7 Å². The van der Waals surface area contributed by atoms with E-state index in [1.165, 1.54) is 0 Å². The summed E-state index contributed by atoms with van der Waals surface area (Å²) < 4.78 is 5.31. The topological polar surface area (TPSA) is 95.0 Å². The first kappa shape index (κ1) is 29.3. The molecule has 2 fully saturated rings. The number of nitrogens with one attached hydrogen (secondary N) is 1. The highest BCUT2D eigenvalue weighted by atomic mass is 35.5. The van der Waals surface area contributed by atoms with E-state index in [2.05, 4.69) is 15.2 Å². The molecule has 9 heteroatoms. The zero-order chi connectivity index (χ0) is 28.0. The smallest absolute Gasteiger partial charge is 0.413 e. The second kappa shape index (κ2) is 13.1. The minimum absolute atomic E-state index is 0.0543. The molecule has 0 bridgehead atoms. The number of ether oxygens (including phenoxy) is 1. The maximum absolute atomic E-state index is 13.2. The van der Waals surface area contributed by atoms with E-state index in [9.17, 15) is 14.7 Å². The number of rotatable bonds is 7. The molecule has 2 aliphatic heterocycles. The average molecular weight is 557 g/mol. The molecule has 0 saturated carbocycles. The molecule has 0 radical (unpaired) electrons. The summed E-state index contributed by atoms with van der Waals surface area (Å²) in [6, 6.07) is 11.5. The Morgan fingerprint density at radius 1 is 1.05 bits per heavy atom. The summed E-state index contributed by atoms with van der Waals surface area (Å²) in [5, 5.41) is 14.1. The van der Waals surface area contributed by atoms with E-state index in [0.717, 1.165) is 56.4 Å². The number of carbonyl (C=O) groups is 2. The van der Waals surface area contributed by atoms with E-state index >= 15 is 0 Å². The van der Waals surface area contributed by atoms with Crippen LogP contribution >= 0.6 is 11.6 Å². The number of anilines is 1. The predicted octanol–water partition coefficient (Wildman–Crippen LogP) is 5.14. The first-order valence-corrected chi connectivity index (χ1v) is 14.3. The van der Waals surface area contributed by atoms with Crippen LogP contribution in [0, 0.1) is 11.8 Å². The van der Waals surface area contributed by atoms with Gasteiger partial charge in [-0.25, -0.2) is 9.78 Å². The lowest BCUT2D eigenvalue weighted by Gasteiger charge is -2.38. The molecule has 3 heterocycles. The Labute approximate surface area is 236 Å². The van der Waals surface area contributed by atoms with Gasteiger partial charge in [0.15, 0.2) is 0 Å². The molecule has 1 atom stereocenters. The second-order valence-corrected chi connectivity index (χ2v) is 12.2. The molecule has 2 saturated heterocycles. The fourth-order valence-corrected chi connectivity index (χ4v) is 5.56. The Hall–Kier alpha value is -2.68. The zero-order valence-corrected chi connectivity index (χ0v) is 24.0. The number of amides is 2. The van der Waals surface area contributed by atoms with Crippen LogP contribution in [0.25, 0.3) is 0 Å². The average Bonchev–Trinajstić information content (AvgIpc) is 2.89. The maximum Gasteiger partial charge on any atom is 0.413 e. The van der Waals surface area contributed by atoms with Gasteiger partial charge in [0.1, 0.15) is 11.4 Å².